The van der Waals surface area contributed by atoms with E-state index in [2.05, 4.69) is 10.5 Å². The van der Waals surface area contributed by atoms with Crippen molar-refractivity contribution < 1.29 is 15.0 Å². The topological polar surface area (TPSA) is 81.9 Å². The predicted octanol–water partition coefficient (Wildman–Crippen LogP) is 2.00. The fourth-order valence-corrected chi connectivity index (χ4v) is 3.05. The Morgan fingerprint density at radius 2 is 2.16 bits per heavy atom. The second-order valence-corrected chi connectivity index (χ2v) is 5.33. The van der Waals surface area contributed by atoms with Crippen LogP contribution < -0.4 is 5.43 Å². The molecule has 0 radical (unpaired) electrons. The summed E-state index contributed by atoms with van der Waals surface area (Å²) in [4.78, 5) is 11.9. The molecule has 2 aliphatic carbocycles. The maximum absolute atomic E-state index is 11.9. The third-order valence-corrected chi connectivity index (χ3v) is 4.04. The number of benzene rings is 1. The van der Waals surface area contributed by atoms with E-state index in [-0.39, 0.29) is 17.1 Å². The van der Waals surface area contributed by atoms with E-state index < -0.39 is 5.91 Å². The van der Waals surface area contributed by atoms with E-state index in [1.807, 2.05) is 0 Å². The minimum atomic E-state index is -0.497. The van der Waals surface area contributed by atoms with Gasteiger partial charge in [-0.2, -0.15) is 5.10 Å². The summed E-state index contributed by atoms with van der Waals surface area (Å²) >= 11 is 0. The fraction of sp³-hybridized carbons (Fsp3) is 0.429. The van der Waals surface area contributed by atoms with Gasteiger partial charge in [0.05, 0.1) is 5.56 Å². The Balaban J connectivity index is 1.72. The number of carbonyl (C=O) groups is 1. The molecule has 0 saturated heterocycles. The highest BCUT2D eigenvalue weighted by Crippen LogP contribution is 2.42. The predicted molar refractivity (Wildman–Crippen MR) is 70.1 cm³/mol. The van der Waals surface area contributed by atoms with Crippen LogP contribution in [0.25, 0.3) is 0 Å². The number of aromatic hydroxyl groups is 2. The molecule has 2 saturated carbocycles. The van der Waals surface area contributed by atoms with Crippen molar-refractivity contribution in [3.05, 3.63) is 23.8 Å². The van der Waals surface area contributed by atoms with E-state index in [1.54, 1.807) is 0 Å². The van der Waals surface area contributed by atoms with Crippen molar-refractivity contribution in [2.24, 2.45) is 16.9 Å². The second kappa shape index (κ2) is 4.57. The molecule has 0 heterocycles. The zero-order valence-corrected chi connectivity index (χ0v) is 10.5. The molecule has 1 amide bonds. The summed E-state index contributed by atoms with van der Waals surface area (Å²) in [5.41, 5.74) is 3.57. The minimum Gasteiger partial charge on any atom is -0.508 e. The van der Waals surface area contributed by atoms with Crippen LogP contribution in [0, 0.1) is 11.8 Å². The number of hydrogen-bond donors (Lipinski definition) is 3. The lowest BCUT2D eigenvalue weighted by molar-refractivity contribution is 0.0951. The third kappa shape index (κ3) is 2.28. The lowest BCUT2D eigenvalue weighted by atomic mass is 9.99. The van der Waals surface area contributed by atoms with Crippen LogP contribution in [0.2, 0.25) is 0 Å². The standard InChI is InChI=1S/C14H16N2O3/c17-10-3-4-13(18)11(7-10)14(19)16-15-12-6-8-1-2-9(12)5-8/h3-4,7-9,17-18H,1-2,5-6H2,(H,16,19)/b15-12+. The van der Waals surface area contributed by atoms with Crippen molar-refractivity contribution in [2.75, 3.05) is 0 Å². The largest absolute Gasteiger partial charge is 0.508 e. The number of carbonyl (C=O) groups excluding carboxylic acids is 1. The molecule has 5 heteroatoms. The Hall–Kier alpha value is -2.04. The van der Waals surface area contributed by atoms with E-state index in [9.17, 15) is 15.0 Å². The monoisotopic (exact) mass is 260 g/mol. The number of amides is 1. The van der Waals surface area contributed by atoms with Crippen molar-refractivity contribution in [3.63, 3.8) is 0 Å². The SMILES string of the molecule is O=C(N/N=C1\CC2CCC1C2)c1cc(O)ccc1O. The van der Waals surface area contributed by atoms with Gasteiger partial charge in [-0.3, -0.25) is 4.79 Å². The summed E-state index contributed by atoms with van der Waals surface area (Å²) in [6.45, 7) is 0. The van der Waals surface area contributed by atoms with Gasteiger partial charge in [-0.25, -0.2) is 5.43 Å². The molecule has 0 aromatic heterocycles. The van der Waals surface area contributed by atoms with Crippen molar-refractivity contribution in [1.29, 1.82) is 0 Å². The molecule has 2 aliphatic rings. The first-order valence-corrected chi connectivity index (χ1v) is 6.52. The Labute approximate surface area is 111 Å². The van der Waals surface area contributed by atoms with Gasteiger partial charge in [0, 0.05) is 5.71 Å². The first-order chi connectivity index (χ1) is 9.13. The van der Waals surface area contributed by atoms with Crippen LogP contribution in [0.15, 0.2) is 23.3 Å². The lowest BCUT2D eigenvalue weighted by Gasteiger charge is -2.12. The van der Waals surface area contributed by atoms with Crippen molar-refractivity contribution in [3.8, 4) is 11.5 Å². The van der Waals surface area contributed by atoms with Gasteiger partial charge in [0.25, 0.3) is 5.91 Å². The normalized spacial score (nSPS) is 26.8. The van der Waals surface area contributed by atoms with Crippen LogP contribution in [0.1, 0.15) is 36.0 Å². The molecule has 1 aromatic rings. The summed E-state index contributed by atoms with van der Waals surface area (Å²) in [5.74, 6) is 0.528. The summed E-state index contributed by atoms with van der Waals surface area (Å²) in [6, 6.07) is 3.84. The maximum Gasteiger partial charge on any atom is 0.275 e. The molecule has 1 aromatic carbocycles. The van der Waals surface area contributed by atoms with Gasteiger partial charge in [0.2, 0.25) is 0 Å². The molecule has 5 nitrogen and oxygen atoms in total. The zero-order valence-electron chi connectivity index (χ0n) is 10.5. The molecule has 100 valence electrons. The molecular weight excluding hydrogens is 244 g/mol. The van der Waals surface area contributed by atoms with E-state index in [1.165, 1.54) is 31.0 Å². The quantitative estimate of drug-likeness (QED) is 0.562. The molecule has 0 aliphatic heterocycles. The van der Waals surface area contributed by atoms with Crippen molar-refractivity contribution in [2.45, 2.75) is 25.7 Å². The molecule has 3 N–H and O–H groups in total. The molecule has 2 unspecified atom stereocenters. The summed E-state index contributed by atoms with van der Waals surface area (Å²) in [7, 11) is 0. The van der Waals surface area contributed by atoms with Crippen molar-refractivity contribution in [1.82, 2.24) is 5.43 Å². The Morgan fingerprint density at radius 1 is 1.32 bits per heavy atom. The molecule has 2 fully saturated rings. The highest BCUT2D eigenvalue weighted by atomic mass is 16.3. The number of hydrogen-bond acceptors (Lipinski definition) is 4. The van der Waals surface area contributed by atoms with E-state index in [4.69, 9.17) is 0 Å². The molecule has 2 atom stereocenters. The fourth-order valence-electron chi connectivity index (χ4n) is 3.05. The highest BCUT2D eigenvalue weighted by Gasteiger charge is 2.36. The van der Waals surface area contributed by atoms with E-state index in [0.29, 0.717) is 5.92 Å². The average Bonchev–Trinajstić information content (AvgIpc) is 3.01. The molecule has 0 spiro atoms. The number of phenols is 2. The van der Waals surface area contributed by atoms with Crippen LogP contribution in [0.3, 0.4) is 0 Å². The Morgan fingerprint density at radius 3 is 2.84 bits per heavy atom. The smallest absolute Gasteiger partial charge is 0.275 e. The first-order valence-electron chi connectivity index (χ1n) is 6.52. The van der Waals surface area contributed by atoms with E-state index in [0.717, 1.165) is 24.5 Å². The van der Waals surface area contributed by atoms with Gasteiger partial charge in [0.15, 0.2) is 0 Å². The van der Waals surface area contributed by atoms with Crippen LogP contribution in [0.4, 0.5) is 0 Å². The molecule has 2 bridgehead atoms. The van der Waals surface area contributed by atoms with Gasteiger partial charge in [-0.15, -0.1) is 0 Å². The van der Waals surface area contributed by atoms with E-state index >= 15 is 0 Å². The second-order valence-electron chi connectivity index (χ2n) is 5.33. The Kier molecular flexibility index (Phi) is 2.89. The first kappa shape index (κ1) is 12.0. The van der Waals surface area contributed by atoms with Gasteiger partial charge < -0.3 is 10.2 Å². The summed E-state index contributed by atoms with van der Waals surface area (Å²) < 4.78 is 0. The average molecular weight is 260 g/mol. The van der Waals surface area contributed by atoms with Crippen LogP contribution >= 0.6 is 0 Å². The van der Waals surface area contributed by atoms with Gasteiger partial charge >= 0.3 is 0 Å². The lowest BCUT2D eigenvalue weighted by Crippen LogP contribution is -2.22. The van der Waals surface area contributed by atoms with Gasteiger partial charge in [-0.1, -0.05) is 0 Å². The number of nitrogens with one attached hydrogen (secondary N) is 1. The number of phenolic OH excluding ortho intramolecular Hbond substituents is 2. The molecule has 3 rings (SSSR count). The number of rotatable bonds is 2. The summed E-state index contributed by atoms with van der Waals surface area (Å²) in [5, 5.41) is 23.1. The van der Waals surface area contributed by atoms with Gasteiger partial charge in [0.1, 0.15) is 11.5 Å². The molecular formula is C14H16N2O3. The van der Waals surface area contributed by atoms with Crippen molar-refractivity contribution >= 4 is 11.6 Å². The summed E-state index contributed by atoms with van der Waals surface area (Å²) in [6.07, 6.45) is 4.59. The minimum absolute atomic E-state index is 0.0347. The number of nitrogens with zero attached hydrogens (tertiary/aromatic N) is 1. The third-order valence-electron chi connectivity index (χ3n) is 4.04. The maximum atomic E-state index is 11.9. The van der Waals surface area contributed by atoms with Gasteiger partial charge in [-0.05, 0) is 55.7 Å². The van der Waals surface area contributed by atoms with Crippen LogP contribution in [0.5, 0.6) is 11.5 Å². The molecule has 19 heavy (non-hydrogen) atoms. The number of fused-ring (bicyclic) bond motifs is 2. The van der Waals surface area contributed by atoms with Crippen LogP contribution in [-0.2, 0) is 0 Å². The zero-order chi connectivity index (χ0) is 13.4. The Bertz CT molecular complexity index is 554. The van der Waals surface area contributed by atoms with Crippen LogP contribution in [-0.4, -0.2) is 21.8 Å². The highest BCUT2D eigenvalue weighted by molar-refractivity contribution is 5.98. The number of hydrazone groups is 1.